The molecule has 0 fully saturated rings. The van der Waals surface area contributed by atoms with Crippen LogP contribution in [0, 0.1) is 19.8 Å². The zero-order chi connectivity index (χ0) is 15.4. The van der Waals surface area contributed by atoms with Crippen molar-refractivity contribution in [3.05, 3.63) is 70.3 Å². The molecule has 0 aromatic heterocycles. The Labute approximate surface area is 128 Å². The summed E-state index contributed by atoms with van der Waals surface area (Å²) in [6.45, 7) is 8.74. The number of rotatable bonds is 5. The van der Waals surface area contributed by atoms with Crippen LogP contribution >= 0.6 is 0 Å². The van der Waals surface area contributed by atoms with Gasteiger partial charge in [0.1, 0.15) is 0 Å². The zero-order valence-electron chi connectivity index (χ0n) is 13.5. The fourth-order valence-electron chi connectivity index (χ4n) is 2.81. The summed E-state index contributed by atoms with van der Waals surface area (Å²) in [6.07, 6.45) is 1.10. The van der Waals surface area contributed by atoms with Crippen LogP contribution in [-0.4, -0.2) is 0 Å². The lowest BCUT2D eigenvalue weighted by Crippen LogP contribution is -2.29. The Hall–Kier alpha value is -1.64. The van der Waals surface area contributed by atoms with Crippen LogP contribution in [0.25, 0.3) is 0 Å². The van der Waals surface area contributed by atoms with Crippen LogP contribution in [0.4, 0.5) is 0 Å². The van der Waals surface area contributed by atoms with E-state index in [0.717, 1.165) is 6.42 Å². The van der Waals surface area contributed by atoms with Crippen LogP contribution in [0.15, 0.2) is 42.5 Å². The number of hydrazine groups is 1. The molecule has 1 atom stereocenters. The highest BCUT2D eigenvalue weighted by Crippen LogP contribution is 2.26. The Balaban J connectivity index is 2.39. The molecule has 2 rings (SSSR count). The number of benzene rings is 2. The van der Waals surface area contributed by atoms with E-state index in [2.05, 4.69) is 75.6 Å². The molecule has 0 heterocycles. The molecule has 0 radical (unpaired) electrons. The van der Waals surface area contributed by atoms with Gasteiger partial charge in [0.2, 0.25) is 0 Å². The summed E-state index contributed by atoms with van der Waals surface area (Å²) in [6, 6.07) is 15.3. The zero-order valence-corrected chi connectivity index (χ0v) is 13.5. The average molecular weight is 282 g/mol. The van der Waals surface area contributed by atoms with Gasteiger partial charge in [0.15, 0.2) is 0 Å². The molecule has 0 aliphatic carbocycles. The van der Waals surface area contributed by atoms with Crippen LogP contribution in [0.2, 0.25) is 0 Å². The van der Waals surface area contributed by atoms with Gasteiger partial charge in [0.05, 0.1) is 6.04 Å². The van der Waals surface area contributed by atoms with Gasteiger partial charge >= 0.3 is 0 Å². The lowest BCUT2D eigenvalue weighted by molar-refractivity contribution is 0.625. The van der Waals surface area contributed by atoms with Crippen LogP contribution in [0.5, 0.6) is 0 Å². The third kappa shape index (κ3) is 3.93. The molecule has 2 nitrogen and oxygen atoms in total. The predicted octanol–water partition coefficient (Wildman–Crippen LogP) is 4.05. The Bertz CT molecular complexity index is 602. The molecule has 0 saturated carbocycles. The highest BCUT2D eigenvalue weighted by atomic mass is 15.2. The molecule has 3 N–H and O–H groups in total. The highest BCUT2D eigenvalue weighted by molar-refractivity contribution is 5.40. The predicted molar refractivity (Wildman–Crippen MR) is 90.1 cm³/mol. The fourth-order valence-corrected chi connectivity index (χ4v) is 2.81. The third-order valence-electron chi connectivity index (χ3n) is 3.84. The van der Waals surface area contributed by atoms with Crippen molar-refractivity contribution in [3.63, 3.8) is 0 Å². The molecular formula is C19H26N2. The summed E-state index contributed by atoms with van der Waals surface area (Å²) in [5, 5.41) is 0. The molecule has 1 unspecified atom stereocenters. The SMILES string of the molecule is Cc1ccc(C)c(C(NN)c2cccc(CC(C)C)c2)c1. The Morgan fingerprint density at radius 3 is 2.48 bits per heavy atom. The van der Waals surface area contributed by atoms with Gasteiger partial charge in [-0.05, 0) is 48.4 Å². The minimum atomic E-state index is 0.0389. The molecule has 0 spiro atoms. The van der Waals surface area contributed by atoms with Crippen molar-refractivity contribution >= 4 is 0 Å². The first-order valence-corrected chi connectivity index (χ1v) is 7.63. The van der Waals surface area contributed by atoms with Crippen LogP contribution < -0.4 is 11.3 Å². The van der Waals surface area contributed by atoms with Crippen LogP contribution in [-0.2, 0) is 6.42 Å². The summed E-state index contributed by atoms with van der Waals surface area (Å²) >= 11 is 0. The summed E-state index contributed by atoms with van der Waals surface area (Å²) in [4.78, 5) is 0. The van der Waals surface area contributed by atoms with E-state index in [9.17, 15) is 0 Å². The maximum absolute atomic E-state index is 5.86. The van der Waals surface area contributed by atoms with Gasteiger partial charge in [-0.25, -0.2) is 5.43 Å². The molecule has 2 aromatic carbocycles. The fraction of sp³-hybridized carbons (Fsp3) is 0.368. The molecule has 0 aliphatic heterocycles. The number of hydrogen-bond acceptors (Lipinski definition) is 2. The van der Waals surface area contributed by atoms with Crippen molar-refractivity contribution < 1.29 is 0 Å². The van der Waals surface area contributed by atoms with E-state index in [0.29, 0.717) is 5.92 Å². The normalized spacial score (nSPS) is 12.7. The van der Waals surface area contributed by atoms with E-state index in [1.807, 2.05) is 0 Å². The van der Waals surface area contributed by atoms with Gasteiger partial charge in [-0.2, -0.15) is 0 Å². The molecule has 2 heteroatoms. The Kier molecular flexibility index (Phi) is 5.16. The van der Waals surface area contributed by atoms with Crippen molar-refractivity contribution in [2.45, 2.75) is 40.2 Å². The highest BCUT2D eigenvalue weighted by Gasteiger charge is 2.15. The second-order valence-electron chi connectivity index (χ2n) is 6.30. The second-order valence-corrected chi connectivity index (χ2v) is 6.30. The molecule has 0 saturated heterocycles. The van der Waals surface area contributed by atoms with Crippen molar-refractivity contribution in [1.82, 2.24) is 5.43 Å². The van der Waals surface area contributed by atoms with Crippen molar-refractivity contribution in [3.8, 4) is 0 Å². The topological polar surface area (TPSA) is 38.0 Å². The molecule has 0 aliphatic rings. The van der Waals surface area contributed by atoms with Gasteiger partial charge in [0, 0.05) is 0 Å². The minimum Gasteiger partial charge on any atom is -0.271 e. The average Bonchev–Trinajstić information content (AvgIpc) is 2.43. The first-order valence-electron chi connectivity index (χ1n) is 7.63. The van der Waals surface area contributed by atoms with E-state index in [1.54, 1.807) is 0 Å². The molecule has 112 valence electrons. The van der Waals surface area contributed by atoms with Gasteiger partial charge < -0.3 is 0 Å². The van der Waals surface area contributed by atoms with E-state index in [1.165, 1.54) is 27.8 Å². The first-order chi connectivity index (χ1) is 10.0. The maximum atomic E-state index is 5.86. The summed E-state index contributed by atoms with van der Waals surface area (Å²) in [7, 11) is 0. The van der Waals surface area contributed by atoms with Crippen molar-refractivity contribution in [2.24, 2.45) is 11.8 Å². The molecular weight excluding hydrogens is 256 g/mol. The molecule has 0 bridgehead atoms. The van der Waals surface area contributed by atoms with Gasteiger partial charge in [-0.3, -0.25) is 5.84 Å². The lowest BCUT2D eigenvalue weighted by Gasteiger charge is -2.20. The molecule has 2 aromatic rings. The van der Waals surface area contributed by atoms with E-state index < -0.39 is 0 Å². The first kappa shape index (κ1) is 15.7. The Morgan fingerprint density at radius 2 is 1.81 bits per heavy atom. The minimum absolute atomic E-state index is 0.0389. The molecule has 21 heavy (non-hydrogen) atoms. The van der Waals surface area contributed by atoms with E-state index in [4.69, 9.17) is 5.84 Å². The van der Waals surface area contributed by atoms with E-state index >= 15 is 0 Å². The van der Waals surface area contributed by atoms with Gasteiger partial charge in [-0.1, -0.05) is 61.9 Å². The smallest absolute Gasteiger partial charge is 0.0712 e. The second kappa shape index (κ2) is 6.88. The third-order valence-corrected chi connectivity index (χ3v) is 3.84. The maximum Gasteiger partial charge on any atom is 0.0712 e. The standard InChI is InChI=1S/C19H26N2/c1-13(2)10-16-6-5-7-17(12-16)19(21-20)18-11-14(3)8-9-15(18)4/h5-9,11-13,19,21H,10,20H2,1-4H3. The van der Waals surface area contributed by atoms with Crippen LogP contribution in [0.1, 0.15) is 47.7 Å². The summed E-state index contributed by atoms with van der Waals surface area (Å²) in [5.74, 6) is 6.51. The number of nitrogens with two attached hydrogens (primary N) is 1. The lowest BCUT2D eigenvalue weighted by atomic mass is 9.92. The van der Waals surface area contributed by atoms with Gasteiger partial charge in [-0.15, -0.1) is 0 Å². The molecule has 0 amide bonds. The van der Waals surface area contributed by atoms with Crippen molar-refractivity contribution in [1.29, 1.82) is 0 Å². The summed E-state index contributed by atoms with van der Waals surface area (Å²) in [5.41, 5.74) is 9.35. The Morgan fingerprint density at radius 1 is 1.05 bits per heavy atom. The largest absolute Gasteiger partial charge is 0.271 e. The number of nitrogens with one attached hydrogen (secondary N) is 1. The van der Waals surface area contributed by atoms with Gasteiger partial charge in [0.25, 0.3) is 0 Å². The van der Waals surface area contributed by atoms with Crippen LogP contribution in [0.3, 0.4) is 0 Å². The monoisotopic (exact) mass is 282 g/mol. The number of aryl methyl sites for hydroxylation is 2. The van der Waals surface area contributed by atoms with E-state index in [-0.39, 0.29) is 6.04 Å². The quantitative estimate of drug-likeness (QED) is 0.641. The number of hydrogen-bond donors (Lipinski definition) is 2. The van der Waals surface area contributed by atoms with Crippen molar-refractivity contribution in [2.75, 3.05) is 0 Å². The summed E-state index contributed by atoms with van der Waals surface area (Å²) < 4.78 is 0.